The molecule has 1 aliphatic rings. The second kappa shape index (κ2) is 6.50. The Morgan fingerprint density at radius 3 is 2.79 bits per heavy atom. The lowest BCUT2D eigenvalue weighted by atomic mass is 10.0. The van der Waals surface area contributed by atoms with E-state index in [2.05, 4.69) is 10.3 Å². The van der Waals surface area contributed by atoms with Crippen LogP contribution in [-0.2, 0) is 0 Å². The number of rotatable bonds is 6. The maximum atomic E-state index is 10.7. The van der Waals surface area contributed by atoms with Crippen molar-refractivity contribution < 1.29 is 4.92 Å². The molecule has 2 rings (SSSR count). The fraction of sp³-hybridized carbons (Fsp3) is 0.643. The van der Waals surface area contributed by atoms with E-state index in [9.17, 15) is 10.1 Å². The van der Waals surface area contributed by atoms with Gasteiger partial charge in [-0.05, 0) is 31.7 Å². The van der Waals surface area contributed by atoms with Crippen LogP contribution in [0.25, 0.3) is 0 Å². The maximum absolute atomic E-state index is 10.7. The minimum absolute atomic E-state index is 0.0801. The third kappa shape index (κ3) is 3.91. The Labute approximate surface area is 113 Å². The van der Waals surface area contributed by atoms with Gasteiger partial charge >= 0.3 is 0 Å². The smallest absolute Gasteiger partial charge is 0.290 e. The molecule has 0 unspecified atom stereocenters. The van der Waals surface area contributed by atoms with Crippen LogP contribution in [0.4, 0.5) is 11.5 Å². The zero-order chi connectivity index (χ0) is 13.7. The van der Waals surface area contributed by atoms with Crippen molar-refractivity contribution >= 4 is 11.5 Å². The van der Waals surface area contributed by atoms with Crippen LogP contribution < -0.4 is 5.32 Å². The molecule has 0 radical (unpaired) electrons. The van der Waals surface area contributed by atoms with Crippen molar-refractivity contribution in [3.63, 3.8) is 0 Å². The summed E-state index contributed by atoms with van der Waals surface area (Å²) in [6, 6.07) is 3.20. The molecule has 5 nitrogen and oxygen atoms in total. The summed E-state index contributed by atoms with van der Waals surface area (Å²) in [6.45, 7) is 2.56. The van der Waals surface area contributed by atoms with Crippen LogP contribution in [0, 0.1) is 23.0 Å². The van der Waals surface area contributed by atoms with Crippen molar-refractivity contribution in [1.82, 2.24) is 4.98 Å². The molecule has 0 bridgehead atoms. The monoisotopic (exact) mass is 263 g/mol. The maximum Gasteiger partial charge on any atom is 0.290 e. The predicted octanol–water partition coefficient (Wildman–Crippen LogP) is 3.68. The number of aryl methyl sites for hydroxylation is 1. The molecule has 0 saturated heterocycles. The van der Waals surface area contributed by atoms with Crippen LogP contribution in [0.15, 0.2) is 12.1 Å². The number of nitro groups is 1. The Bertz CT molecular complexity index is 442. The minimum Gasteiger partial charge on any atom is -0.370 e. The van der Waals surface area contributed by atoms with Crippen molar-refractivity contribution in [2.75, 3.05) is 11.9 Å². The Hall–Kier alpha value is -1.65. The molecule has 0 atom stereocenters. The highest BCUT2D eigenvalue weighted by molar-refractivity contribution is 5.44. The van der Waals surface area contributed by atoms with Crippen molar-refractivity contribution in [3.8, 4) is 0 Å². The Morgan fingerprint density at radius 2 is 2.16 bits per heavy atom. The van der Waals surface area contributed by atoms with Crippen molar-refractivity contribution in [2.24, 2.45) is 5.92 Å². The van der Waals surface area contributed by atoms with Gasteiger partial charge in [0, 0.05) is 12.6 Å². The van der Waals surface area contributed by atoms with Crippen LogP contribution in [0.5, 0.6) is 0 Å². The molecule has 1 saturated carbocycles. The van der Waals surface area contributed by atoms with Crippen molar-refractivity contribution in [2.45, 2.75) is 45.4 Å². The number of pyridine rings is 1. The lowest BCUT2D eigenvalue weighted by molar-refractivity contribution is -0.385. The van der Waals surface area contributed by atoms with E-state index in [1.165, 1.54) is 38.2 Å². The first kappa shape index (κ1) is 13.8. The first-order chi connectivity index (χ1) is 9.16. The molecule has 0 amide bonds. The normalized spacial score (nSPS) is 15.6. The van der Waals surface area contributed by atoms with Crippen LogP contribution in [0.1, 0.15) is 44.2 Å². The van der Waals surface area contributed by atoms with Gasteiger partial charge in [-0.25, -0.2) is 4.98 Å². The molecule has 19 heavy (non-hydrogen) atoms. The molecule has 1 N–H and O–H groups in total. The summed E-state index contributed by atoms with van der Waals surface area (Å²) in [5, 5.41) is 13.9. The summed E-state index contributed by atoms with van der Waals surface area (Å²) in [5.41, 5.74) is 0.544. The standard InChI is InChI=1S/C14H21N3O2/c1-11-13(17(18)19)8-9-14(16-11)15-10-4-7-12-5-2-3-6-12/h8-9,12H,2-7,10H2,1H3,(H,15,16). The van der Waals surface area contributed by atoms with Gasteiger partial charge in [-0.1, -0.05) is 25.7 Å². The topological polar surface area (TPSA) is 68.1 Å². The molecular weight excluding hydrogens is 242 g/mol. The largest absolute Gasteiger partial charge is 0.370 e. The van der Waals surface area contributed by atoms with E-state index < -0.39 is 4.92 Å². The van der Waals surface area contributed by atoms with Gasteiger partial charge in [-0.3, -0.25) is 10.1 Å². The zero-order valence-corrected chi connectivity index (χ0v) is 11.4. The van der Waals surface area contributed by atoms with Gasteiger partial charge in [0.05, 0.1) is 4.92 Å². The highest BCUT2D eigenvalue weighted by Gasteiger charge is 2.14. The Balaban J connectivity index is 1.76. The molecule has 104 valence electrons. The first-order valence-electron chi connectivity index (χ1n) is 7.02. The molecule has 1 aromatic rings. The van der Waals surface area contributed by atoms with Crippen LogP contribution in [0.2, 0.25) is 0 Å². The van der Waals surface area contributed by atoms with Gasteiger partial charge in [0.1, 0.15) is 11.5 Å². The van der Waals surface area contributed by atoms with Crippen LogP contribution >= 0.6 is 0 Å². The van der Waals surface area contributed by atoms with Crippen molar-refractivity contribution in [1.29, 1.82) is 0 Å². The number of hydrogen-bond donors (Lipinski definition) is 1. The Morgan fingerprint density at radius 1 is 1.42 bits per heavy atom. The van der Waals surface area contributed by atoms with Crippen molar-refractivity contribution in [3.05, 3.63) is 27.9 Å². The number of nitrogens with zero attached hydrogens (tertiary/aromatic N) is 2. The third-order valence-corrected chi connectivity index (χ3v) is 3.82. The van der Waals surface area contributed by atoms with E-state index in [-0.39, 0.29) is 5.69 Å². The lowest BCUT2D eigenvalue weighted by Gasteiger charge is -2.10. The second-order valence-electron chi connectivity index (χ2n) is 5.28. The molecular formula is C14H21N3O2. The minimum atomic E-state index is -0.397. The SMILES string of the molecule is Cc1nc(NCCCC2CCCC2)ccc1[N+](=O)[O-]. The van der Waals surface area contributed by atoms with E-state index in [0.29, 0.717) is 5.69 Å². The lowest BCUT2D eigenvalue weighted by Crippen LogP contribution is -2.06. The molecule has 1 fully saturated rings. The molecule has 0 aromatic carbocycles. The van der Waals surface area contributed by atoms with E-state index in [1.54, 1.807) is 13.0 Å². The average molecular weight is 263 g/mol. The van der Waals surface area contributed by atoms with Gasteiger partial charge in [-0.2, -0.15) is 0 Å². The zero-order valence-electron chi connectivity index (χ0n) is 11.4. The summed E-state index contributed by atoms with van der Waals surface area (Å²) >= 11 is 0. The van der Waals surface area contributed by atoms with Gasteiger partial charge < -0.3 is 5.32 Å². The predicted molar refractivity (Wildman–Crippen MR) is 75.3 cm³/mol. The number of anilines is 1. The number of aromatic nitrogens is 1. The highest BCUT2D eigenvalue weighted by Crippen LogP contribution is 2.28. The molecule has 1 aliphatic carbocycles. The fourth-order valence-corrected chi connectivity index (χ4v) is 2.75. The van der Waals surface area contributed by atoms with Gasteiger partial charge in [0.15, 0.2) is 0 Å². The summed E-state index contributed by atoms with van der Waals surface area (Å²) in [5.74, 6) is 1.64. The molecule has 1 aromatic heterocycles. The molecule has 0 spiro atoms. The average Bonchev–Trinajstić information content (AvgIpc) is 2.87. The van der Waals surface area contributed by atoms with Gasteiger partial charge in [0.2, 0.25) is 0 Å². The summed E-state index contributed by atoms with van der Waals surface area (Å²) < 4.78 is 0. The third-order valence-electron chi connectivity index (χ3n) is 3.82. The second-order valence-corrected chi connectivity index (χ2v) is 5.28. The molecule has 0 aliphatic heterocycles. The summed E-state index contributed by atoms with van der Waals surface area (Å²) in [6.07, 6.45) is 7.97. The number of hydrogen-bond acceptors (Lipinski definition) is 4. The Kier molecular flexibility index (Phi) is 4.71. The van der Waals surface area contributed by atoms with E-state index in [4.69, 9.17) is 0 Å². The van der Waals surface area contributed by atoms with Gasteiger partial charge in [-0.15, -0.1) is 0 Å². The van der Waals surface area contributed by atoms with Crippen LogP contribution in [-0.4, -0.2) is 16.5 Å². The summed E-state index contributed by atoms with van der Waals surface area (Å²) in [4.78, 5) is 14.5. The van der Waals surface area contributed by atoms with E-state index in [1.807, 2.05) is 0 Å². The van der Waals surface area contributed by atoms with Gasteiger partial charge in [0.25, 0.3) is 5.69 Å². The van der Waals surface area contributed by atoms with E-state index >= 15 is 0 Å². The fourth-order valence-electron chi connectivity index (χ4n) is 2.75. The highest BCUT2D eigenvalue weighted by atomic mass is 16.6. The number of nitrogens with one attached hydrogen (secondary N) is 1. The molecule has 1 heterocycles. The summed E-state index contributed by atoms with van der Waals surface area (Å²) in [7, 11) is 0. The van der Waals surface area contributed by atoms with E-state index in [0.717, 1.165) is 24.7 Å². The first-order valence-corrected chi connectivity index (χ1v) is 7.02. The van der Waals surface area contributed by atoms with Crippen LogP contribution in [0.3, 0.4) is 0 Å². The quantitative estimate of drug-likeness (QED) is 0.483. The molecule has 5 heteroatoms.